The van der Waals surface area contributed by atoms with Gasteiger partial charge in [-0.25, -0.2) is 0 Å². The van der Waals surface area contributed by atoms with Crippen LogP contribution in [0.15, 0.2) is 28.7 Å². The maximum atomic E-state index is 3.47. The monoisotopic (exact) mass is 296 g/mol. The third kappa shape index (κ3) is 3.30. The summed E-state index contributed by atoms with van der Waals surface area (Å²) in [6.45, 7) is 2.20. The summed E-state index contributed by atoms with van der Waals surface area (Å²) in [5, 5.41) is 3.29. The Balaban J connectivity index is 1.88. The van der Waals surface area contributed by atoms with E-state index in [1.165, 1.54) is 18.4 Å². The average molecular weight is 297 g/mol. The minimum atomic E-state index is 0.756. The van der Waals surface area contributed by atoms with Crippen LogP contribution in [0.2, 0.25) is 0 Å². The normalized spacial score (nSPS) is 23.8. The number of hydrogen-bond donors (Lipinski definition) is 1. The van der Waals surface area contributed by atoms with Crippen LogP contribution in [0.4, 0.5) is 0 Å². The van der Waals surface area contributed by atoms with Crippen molar-refractivity contribution in [1.29, 1.82) is 0 Å². The molecule has 2 atom stereocenters. The van der Waals surface area contributed by atoms with Gasteiger partial charge in [0.05, 0.1) is 0 Å². The Morgan fingerprint density at radius 2 is 2.00 bits per heavy atom. The van der Waals surface area contributed by atoms with Crippen LogP contribution in [0.1, 0.15) is 18.4 Å². The van der Waals surface area contributed by atoms with E-state index in [2.05, 4.69) is 57.5 Å². The van der Waals surface area contributed by atoms with E-state index in [-0.39, 0.29) is 0 Å². The van der Waals surface area contributed by atoms with Crippen LogP contribution in [0.3, 0.4) is 0 Å². The molecule has 17 heavy (non-hydrogen) atoms. The first-order chi connectivity index (χ1) is 8.20. The first-order valence-electron chi connectivity index (χ1n) is 6.30. The summed E-state index contributed by atoms with van der Waals surface area (Å²) in [4.78, 5) is 2.49. The molecule has 0 spiro atoms. The molecule has 0 bridgehead atoms. The van der Waals surface area contributed by atoms with Crippen molar-refractivity contribution < 1.29 is 0 Å². The molecule has 3 heteroatoms. The largest absolute Gasteiger partial charge is 0.319 e. The third-order valence-corrected chi connectivity index (χ3v) is 4.28. The van der Waals surface area contributed by atoms with Crippen molar-refractivity contribution in [2.45, 2.75) is 25.4 Å². The molecule has 1 N–H and O–H groups in total. The van der Waals surface area contributed by atoms with Crippen LogP contribution in [-0.4, -0.2) is 31.6 Å². The Hall–Kier alpha value is -0.380. The van der Waals surface area contributed by atoms with Gasteiger partial charge < -0.3 is 5.32 Å². The first kappa shape index (κ1) is 13.1. The van der Waals surface area contributed by atoms with Crippen LogP contribution >= 0.6 is 15.9 Å². The summed E-state index contributed by atoms with van der Waals surface area (Å²) < 4.78 is 1.15. The fourth-order valence-electron chi connectivity index (χ4n) is 2.63. The van der Waals surface area contributed by atoms with Crippen molar-refractivity contribution in [2.75, 3.05) is 20.6 Å². The lowest BCUT2D eigenvalue weighted by molar-refractivity contribution is 0.0793. The zero-order chi connectivity index (χ0) is 12.3. The molecule has 1 saturated carbocycles. The molecule has 0 aliphatic heterocycles. The van der Waals surface area contributed by atoms with Crippen LogP contribution < -0.4 is 5.32 Å². The predicted molar refractivity (Wildman–Crippen MR) is 76.0 cm³/mol. The van der Waals surface area contributed by atoms with E-state index in [0.29, 0.717) is 0 Å². The molecule has 1 aromatic rings. The number of halogens is 1. The highest BCUT2D eigenvalue weighted by Gasteiger charge is 2.32. The Morgan fingerprint density at radius 3 is 2.53 bits per heavy atom. The number of rotatable bonds is 5. The zero-order valence-electron chi connectivity index (χ0n) is 10.6. The van der Waals surface area contributed by atoms with E-state index in [0.717, 1.165) is 29.5 Å². The maximum absolute atomic E-state index is 3.47. The Kier molecular flexibility index (Phi) is 4.60. The topological polar surface area (TPSA) is 15.3 Å². The van der Waals surface area contributed by atoms with Gasteiger partial charge in [0.25, 0.3) is 0 Å². The zero-order valence-corrected chi connectivity index (χ0v) is 12.2. The molecule has 1 aliphatic carbocycles. The van der Waals surface area contributed by atoms with Gasteiger partial charge in [-0.3, -0.25) is 4.90 Å². The summed E-state index contributed by atoms with van der Waals surface area (Å²) in [5.74, 6) is 0.834. The molecule has 0 radical (unpaired) electrons. The molecule has 2 unspecified atom stereocenters. The van der Waals surface area contributed by atoms with Gasteiger partial charge in [0, 0.05) is 17.1 Å². The second kappa shape index (κ2) is 5.98. The van der Waals surface area contributed by atoms with Crippen molar-refractivity contribution in [2.24, 2.45) is 5.92 Å². The second-order valence-electron chi connectivity index (χ2n) is 5.00. The van der Waals surface area contributed by atoms with Crippen LogP contribution in [0.25, 0.3) is 0 Å². The Morgan fingerprint density at radius 1 is 1.29 bits per heavy atom. The number of nitrogens with zero attached hydrogens (tertiary/aromatic N) is 1. The molecule has 1 aliphatic rings. The number of hydrogen-bond acceptors (Lipinski definition) is 2. The molecule has 2 rings (SSSR count). The minimum Gasteiger partial charge on any atom is -0.319 e. The van der Waals surface area contributed by atoms with Gasteiger partial charge in [-0.15, -0.1) is 0 Å². The highest BCUT2D eigenvalue weighted by Crippen LogP contribution is 2.31. The fraction of sp³-hybridized carbons (Fsp3) is 0.571. The minimum absolute atomic E-state index is 0.756. The summed E-state index contributed by atoms with van der Waals surface area (Å²) in [6, 6.07) is 9.40. The second-order valence-corrected chi connectivity index (χ2v) is 5.92. The molecule has 1 aromatic carbocycles. The van der Waals surface area contributed by atoms with Crippen LogP contribution in [-0.2, 0) is 6.54 Å². The average Bonchev–Trinajstić information content (AvgIpc) is 2.27. The number of benzene rings is 1. The smallest absolute Gasteiger partial charge is 0.0233 e. The predicted octanol–water partition coefficient (Wildman–Crippen LogP) is 2.88. The summed E-state index contributed by atoms with van der Waals surface area (Å²) in [6.07, 6.45) is 2.72. The van der Waals surface area contributed by atoms with Crippen LogP contribution in [0.5, 0.6) is 0 Å². The van der Waals surface area contributed by atoms with E-state index in [9.17, 15) is 0 Å². The molecule has 1 fully saturated rings. The highest BCUT2D eigenvalue weighted by molar-refractivity contribution is 9.10. The van der Waals surface area contributed by atoms with E-state index in [4.69, 9.17) is 0 Å². The summed E-state index contributed by atoms with van der Waals surface area (Å²) in [5.41, 5.74) is 1.39. The molecule has 0 heterocycles. The third-order valence-electron chi connectivity index (χ3n) is 3.76. The van der Waals surface area contributed by atoms with Gasteiger partial charge in [-0.1, -0.05) is 28.1 Å². The molecule has 0 aromatic heterocycles. The highest BCUT2D eigenvalue weighted by atomic mass is 79.9. The molecule has 94 valence electrons. The van der Waals surface area contributed by atoms with E-state index in [1.54, 1.807) is 0 Å². The van der Waals surface area contributed by atoms with Gasteiger partial charge in [0.2, 0.25) is 0 Å². The molecular weight excluding hydrogens is 276 g/mol. The fourth-order valence-corrected chi connectivity index (χ4v) is 2.89. The van der Waals surface area contributed by atoms with E-state index < -0.39 is 0 Å². The van der Waals surface area contributed by atoms with E-state index >= 15 is 0 Å². The standard InChI is InChI=1S/C14H21BrN2/c1-16-9-12-5-8-14(12)17(2)10-11-3-6-13(15)7-4-11/h3-4,6-7,12,14,16H,5,8-10H2,1-2H3. The van der Waals surface area contributed by atoms with Gasteiger partial charge in [0.1, 0.15) is 0 Å². The number of nitrogens with one attached hydrogen (secondary N) is 1. The molecular formula is C14H21BrN2. The first-order valence-corrected chi connectivity index (χ1v) is 7.09. The van der Waals surface area contributed by atoms with Crippen LogP contribution in [0, 0.1) is 5.92 Å². The molecule has 0 amide bonds. The molecule has 0 saturated heterocycles. The quantitative estimate of drug-likeness (QED) is 0.899. The summed E-state index contributed by atoms with van der Waals surface area (Å²) in [7, 11) is 4.29. The van der Waals surface area contributed by atoms with Crippen molar-refractivity contribution >= 4 is 15.9 Å². The SMILES string of the molecule is CNCC1CCC1N(C)Cc1ccc(Br)cc1. The van der Waals surface area contributed by atoms with Crippen molar-refractivity contribution in [3.63, 3.8) is 0 Å². The lowest BCUT2D eigenvalue weighted by Gasteiger charge is -2.43. The molecule has 2 nitrogen and oxygen atoms in total. The Bertz CT molecular complexity index is 350. The van der Waals surface area contributed by atoms with Crippen molar-refractivity contribution in [3.8, 4) is 0 Å². The van der Waals surface area contributed by atoms with Gasteiger partial charge in [-0.2, -0.15) is 0 Å². The maximum Gasteiger partial charge on any atom is 0.0233 e. The van der Waals surface area contributed by atoms with Gasteiger partial charge >= 0.3 is 0 Å². The Labute approximate surface area is 113 Å². The summed E-state index contributed by atoms with van der Waals surface area (Å²) >= 11 is 3.47. The lowest BCUT2D eigenvalue weighted by Crippen LogP contribution is -2.48. The van der Waals surface area contributed by atoms with Gasteiger partial charge in [0.15, 0.2) is 0 Å². The van der Waals surface area contributed by atoms with Crippen molar-refractivity contribution in [3.05, 3.63) is 34.3 Å². The van der Waals surface area contributed by atoms with Gasteiger partial charge in [-0.05, 0) is 57.1 Å². The van der Waals surface area contributed by atoms with E-state index in [1.807, 2.05) is 7.05 Å². The van der Waals surface area contributed by atoms with Crippen molar-refractivity contribution in [1.82, 2.24) is 10.2 Å². The lowest BCUT2D eigenvalue weighted by atomic mass is 9.78.